The quantitative estimate of drug-likeness (QED) is 0.299. The molecular formula is C23H21O5-. The van der Waals surface area contributed by atoms with Gasteiger partial charge in [-0.15, -0.1) is 0 Å². The number of carbonyl (C=O) groups is 1. The van der Waals surface area contributed by atoms with Crippen molar-refractivity contribution in [3.63, 3.8) is 0 Å². The van der Waals surface area contributed by atoms with Crippen LogP contribution in [0, 0.1) is 0 Å². The summed E-state index contributed by atoms with van der Waals surface area (Å²) in [4.78, 5) is 12.3. The zero-order valence-corrected chi connectivity index (χ0v) is 15.6. The Kier molecular flexibility index (Phi) is 6.52. The molecule has 28 heavy (non-hydrogen) atoms. The van der Waals surface area contributed by atoms with Crippen molar-refractivity contribution in [1.29, 1.82) is 0 Å². The summed E-state index contributed by atoms with van der Waals surface area (Å²) >= 11 is 0. The van der Waals surface area contributed by atoms with E-state index in [9.17, 15) is 9.90 Å². The summed E-state index contributed by atoms with van der Waals surface area (Å²) in [5, 5.41) is 11.9. The first kappa shape index (κ1) is 19.3. The van der Waals surface area contributed by atoms with E-state index in [1.165, 1.54) is 0 Å². The number of ether oxygens (including phenoxy) is 3. The van der Waals surface area contributed by atoms with Crippen LogP contribution in [0.1, 0.15) is 30.1 Å². The Morgan fingerprint density at radius 3 is 2.07 bits per heavy atom. The highest BCUT2D eigenvalue weighted by molar-refractivity contribution is 5.91. The molecule has 5 nitrogen and oxygen atoms in total. The average molecular weight is 377 g/mol. The SMILES string of the molecule is CCCCOc1ccc(OC(=O)c2ccc(OC([O-])=C3C=CC=C3)cc2)cc1. The molecule has 0 bridgehead atoms. The summed E-state index contributed by atoms with van der Waals surface area (Å²) in [7, 11) is 0. The van der Waals surface area contributed by atoms with E-state index in [1.54, 1.807) is 72.8 Å². The molecule has 2 aromatic carbocycles. The van der Waals surface area contributed by atoms with Gasteiger partial charge in [0.15, 0.2) is 0 Å². The van der Waals surface area contributed by atoms with Crippen molar-refractivity contribution >= 4 is 5.97 Å². The molecule has 0 N–H and O–H groups in total. The molecule has 0 atom stereocenters. The van der Waals surface area contributed by atoms with Crippen LogP contribution in [0.15, 0.2) is 84.4 Å². The standard InChI is InChI=1S/C23H22O5/c1-2-3-16-26-19-12-14-21(15-13-19)28-23(25)18-8-10-20(11-9-18)27-22(24)17-6-4-5-7-17/h4-15,24H,2-3,16H2,1H3/p-1. The Hall–Kier alpha value is -3.47. The molecule has 2 aromatic rings. The number of unbranched alkanes of at least 4 members (excludes halogenated alkanes) is 1. The Labute approximate surface area is 164 Å². The van der Waals surface area contributed by atoms with Gasteiger partial charge in [-0.2, -0.15) is 0 Å². The topological polar surface area (TPSA) is 67.8 Å². The van der Waals surface area contributed by atoms with E-state index in [-0.39, 0.29) is 0 Å². The Morgan fingerprint density at radius 2 is 1.43 bits per heavy atom. The third kappa shape index (κ3) is 5.27. The van der Waals surface area contributed by atoms with Crippen molar-refractivity contribution in [3.05, 3.63) is 89.9 Å². The maximum atomic E-state index is 12.3. The van der Waals surface area contributed by atoms with Crippen molar-refractivity contribution in [2.45, 2.75) is 19.8 Å². The van der Waals surface area contributed by atoms with Crippen LogP contribution in [0.25, 0.3) is 0 Å². The molecule has 0 heterocycles. The second kappa shape index (κ2) is 9.46. The van der Waals surface area contributed by atoms with E-state index in [0.29, 0.717) is 29.2 Å². The molecule has 144 valence electrons. The van der Waals surface area contributed by atoms with Gasteiger partial charge >= 0.3 is 5.97 Å². The van der Waals surface area contributed by atoms with Gasteiger partial charge in [0.05, 0.1) is 18.1 Å². The maximum Gasteiger partial charge on any atom is 0.343 e. The molecule has 0 fully saturated rings. The van der Waals surface area contributed by atoms with Gasteiger partial charge in [0.2, 0.25) is 0 Å². The van der Waals surface area contributed by atoms with E-state index in [0.717, 1.165) is 18.6 Å². The van der Waals surface area contributed by atoms with Crippen LogP contribution in [0.2, 0.25) is 0 Å². The summed E-state index contributed by atoms with van der Waals surface area (Å²) in [6, 6.07) is 13.1. The van der Waals surface area contributed by atoms with Crippen LogP contribution in [-0.4, -0.2) is 12.6 Å². The maximum absolute atomic E-state index is 12.3. The van der Waals surface area contributed by atoms with Crippen LogP contribution in [0.5, 0.6) is 17.2 Å². The summed E-state index contributed by atoms with van der Waals surface area (Å²) < 4.78 is 16.2. The van der Waals surface area contributed by atoms with E-state index in [2.05, 4.69) is 6.92 Å². The lowest BCUT2D eigenvalue weighted by atomic mass is 10.2. The number of hydrogen-bond donors (Lipinski definition) is 0. The zero-order valence-electron chi connectivity index (χ0n) is 15.6. The summed E-state index contributed by atoms with van der Waals surface area (Å²) in [5.41, 5.74) is 0.835. The zero-order chi connectivity index (χ0) is 19.8. The minimum Gasteiger partial charge on any atom is -0.579 e. The second-order valence-electron chi connectivity index (χ2n) is 6.15. The fourth-order valence-electron chi connectivity index (χ4n) is 2.44. The highest BCUT2D eigenvalue weighted by Crippen LogP contribution is 2.21. The second-order valence-corrected chi connectivity index (χ2v) is 6.15. The van der Waals surface area contributed by atoms with E-state index in [1.807, 2.05) is 0 Å². The molecule has 0 aromatic heterocycles. The number of allylic oxidation sites excluding steroid dienone is 5. The smallest absolute Gasteiger partial charge is 0.343 e. The minimum absolute atomic E-state index is 0.358. The monoisotopic (exact) mass is 377 g/mol. The van der Waals surface area contributed by atoms with Gasteiger partial charge in [0.25, 0.3) is 0 Å². The number of rotatable bonds is 8. The van der Waals surface area contributed by atoms with Gasteiger partial charge in [0, 0.05) is 5.75 Å². The summed E-state index contributed by atoms with van der Waals surface area (Å²) in [6.45, 7) is 2.77. The number of esters is 1. The largest absolute Gasteiger partial charge is 0.579 e. The van der Waals surface area contributed by atoms with Gasteiger partial charge in [-0.05, 0) is 60.5 Å². The van der Waals surface area contributed by atoms with Crippen molar-refractivity contribution in [2.24, 2.45) is 0 Å². The first-order valence-corrected chi connectivity index (χ1v) is 9.14. The first-order valence-electron chi connectivity index (χ1n) is 9.14. The summed E-state index contributed by atoms with van der Waals surface area (Å²) in [6.07, 6.45) is 8.94. The Morgan fingerprint density at radius 1 is 0.857 bits per heavy atom. The van der Waals surface area contributed by atoms with Crippen molar-refractivity contribution < 1.29 is 24.1 Å². The normalized spacial score (nSPS) is 12.1. The van der Waals surface area contributed by atoms with Gasteiger partial charge in [-0.25, -0.2) is 4.79 Å². The average Bonchev–Trinajstić information content (AvgIpc) is 3.25. The molecule has 0 spiro atoms. The fraction of sp³-hybridized carbons (Fsp3) is 0.174. The molecule has 1 aliphatic carbocycles. The molecule has 0 amide bonds. The lowest BCUT2D eigenvalue weighted by Crippen LogP contribution is -2.13. The number of carbonyl (C=O) groups excluding carboxylic acids is 1. The van der Waals surface area contributed by atoms with Crippen LogP contribution >= 0.6 is 0 Å². The number of benzene rings is 2. The van der Waals surface area contributed by atoms with Crippen molar-refractivity contribution in [2.75, 3.05) is 6.61 Å². The van der Waals surface area contributed by atoms with Gasteiger partial charge < -0.3 is 19.3 Å². The highest BCUT2D eigenvalue weighted by atomic mass is 16.6. The predicted molar refractivity (Wildman–Crippen MR) is 104 cm³/mol. The molecule has 5 heteroatoms. The third-order valence-corrected chi connectivity index (χ3v) is 4.00. The molecule has 1 aliphatic rings. The molecule has 0 radical (unpaired) electrons. The lowest BCUT2D eigenvalue weighted by Gasteiger charge is -2.17. The highest BCUT2D eigenvalue weighted by Gasteiger charge is 2.08. The lowest BCUT2D eigenvalue weighted by molar-refractivity contribution is -0.343. The fourth-order valence-corrected chi connectivity index (χ4v) is 2.44. The summed E-state index contributed by atoms with van der Waals surface area (Å²) in [5.74, 6) is 0.593. The Bertz CT molecular complexity index is 876. The van der Waals surface area contributed by atoms with Crippen molar-refractivity contribution in [3.8, 4) is 17.2 Å². The van der Waals surface area contributed by atoms with Crippen LogP contribution in [0.3, 0.4) is 0 Å². The molecule has 0 aliphatic heterocycles. The molecule has 0 saturated heterocycles. The molecular weight excluding hydrogens is 356 g/mol. The van der Waals surface area contributed by atoms with Crippen molar-refractivity contribution in [1.82, 2.24) is 0 Å². The molecule has 0 unspecified atom stereocenters. The van der Waals surface area contributed by atoms with Crippen LogP contribution in [0.4, 0.5) is 0 Å². The minimum atomic E-state index is -0.492. The van der Waals surface area contributed by atoms with Gasteiger partial charge in [-0.3, -0.25) is 0 Å². The Balaban J connectivity index is 1.56. The molecule has 3 rings (SSSR count). The predicted octanol–water partition coefficient (Wildman–Crippen LogP) is 4.16. The van der Waals surface area contributed by atoms with E-state index < -0.39 is 11.9 Å². The van der Waals surface area contributed by atoms with Crippen LogP contribution < -0.4 is 19.3 Å². The van der Waals surface area contributed by atoms with Gasteiger partial charge in [0.1, 0.15) is 11.5 Å². The van der Waals surface area contributed by atoms with E-state index in [4.69, 9.17) is 14.2 Å². The number of hydrogen-bond acceptors (Lipinski definition) is 5. The third-order valence-electron chi connectivity index (χ3n) is 4.00. The van der Waals surface area contributed by atoms with E-state index >= 15 is 0 Å². The first-order chi connectivity index (χ1) is 13.7. The molecule has 0 saturated carbocycles. The van der Waals surface area contributed by atoms with Gasteiger partial charge in [-0.1, -0.05) is 37.6 Å². The van der Waals surface area contributed by atoms with Crippen LogP contribution in [-0.2, 0) is 0 Å².